The van der Waals surface area contributed by atoms with Gasteiger partial charge in [0.25, 0.3) is 0 Å². The molecule has 2 aromatic heterocycles. The van der Waals surface area contributed by atoms with Crippen molar-refractivity contribution in [3.05, 3.63) is 54.7 Å². The van der Waals surface area contributed by atoms with Gasteiger partial charge in [-0.15, -0.1) is 10.2 Å². The number of hydrogen-bond acceptors (Lipinski definition) is 7. The van der Waals surface area contributed by atoms with Crippen molar-refractivity contribution in [1.82, 2.24) is 24.5 Å². The summed E-state index contributed by atoms with van der Waals surface area (Å²) in [6.45, 7) is 2.53. The molecule has 4 rings (SSSR count). The number of aromatic nitrogens is 5. The number of benzene rings is 2. The molecule has 0 aliphatic heterocycles. The molecule has 0 spiro atoms. The lowest BCUT2D eigenvalue weighted by Gasteiger charge is -2.07. The van der Waals surface area contributed by atoms with Crippen LogP contribution in [0.4, 0.5) is 5.69 Å². The molecule has 0 radical (unpaired) electrons. The van der Waals surface area contributed by atoms with Gasteiger partial charge in [-0.2, -0.15) is 5.10 Å². The van der Waals surface area contributed by atoms with Crippen LogP contribution in [0.25, 0.3) is 22.6 Å². The van der Waals surface area contributed by atoms with Gasteiger partial charge in [-0.1, -0.05) is 23.9 Å². The van der Waals surface area contributed by atoms with Crippen LogP contribution in [0.5, 0.6) is 11.5 Å². The molecular formula is C24H26N6O3S. The molecule has 9 nitrogen and oxygen atoms in total. The SMILES string of the molecule is CCOc1ccc(NC(=O)CSc2nnc(-c3cn(C)nc3-c3cccc(OC)c3)n2C)cc1. The minimum absolute atomic E-state index is 0.128. The Morgan fingerprint density at radius 3 is 2.62 bits per heavy atom. The Kier molecular flexibility index (Phi) is 7.17. The standard InChI is InChI=1S/C24H26N6O3S/c1-5-33-18-11-9-17(10-12-18)25-21(31)15-34-24-27-26-23(30(24)3)20-14-29(2)28-22(20)16-7-6-8-19(13-16)32-4/h6-14H,5,15H2,1-4H3,(H,25,31). The molecule has 0 unspecified atom stereocenters. The van der Waals surface area contributed by atoms with Gasteiger partial charge in [0, 0.05) is 31.5 Å². The molecule has 0 aliphatic carbocycles. The van der Waals surface area contributed by atoms with Crippen LogP contribution < -0.4 is 14.8 Å². The zero-order chi connectivity index (χ0) is 24.1. The molecule has 0 bridgehead atoms. The molecule has 10 heteroatoms. The Hall–Kier alpha value is -3.79. The third-order valence-corrected chi connectivity index (χ3v) is 6.05. The predicted octanol–water partition coefficient (Wildman–Crippen LogP) is 4.02. The van der Waals surface area contributed by atoms with E-state index < -0.39 is 0 Å². The third-order valence-electron chi connectivity index (χ3n) is 5.03. The van der Waals surface area contributed by atoms with E-state index in [1.165, 1.54) is 11.8 Å². The number of thioether (sulfide) groups is 1. The lowest BCUT2D eigenvalue weighted by Crippen LogP contribution is -2.14. The van der Waals surface area contributed by atoms with E-state index in [1.54, 1.807) is 11.8 Å². The molecule has 2 aromatic carbocycles. The van der Waals surface area contributed by atoms with Crippen LogP contribution >= 0.6 is 11.8 Å². The number of hydrogen-bond donors (Lipinski definition) is 1. The van der Waals surface area contributed by atoms with Crippen molar-refractivity contribution in [1.29, 1.82) is 0 Å². The summed E-state index contributed by atoms with van der Waals surface area (Å²) in [7, 11) is 5.38. The zero-order valence-electron chi connectivity index (χ0n) is 19.5. The Bertz CT molecular complexity index is 1280. The fraction of sp³-hybridized carbons (Fsp3) is 0.250. The largest absolute Gasteiger partial charge is 0.497 e. The molecule has 4 aromatic rings. The zero-order valence-corrected chi connectivity index (χ0v) is 20.3. The van der Waals surface area contributed by atoms with E-state index >= 15 is 0 Å². The second kappa shape index (κ2) is 10.4. The average Bonchev–Trinajstić information content (AvgIpc) is 3.41. The Morgan fingerprint density at radius 2 is 1.88 bits per heavy atom. The second-order valence-electron chi connectivity index (χ2n) is 7.46. The third kappa shape index (κ3) is 5.23. The number of methoxy groups -OCH3 is 1. The van der Waals surface area contributed by atoms with E-state index in [2.05, 4.69) is 20.6 Å². The normalized spacial score (nSPS) is 10.8. The highest BCUT2D eigenvalue weighted by Crippen LogP contribution is 2.32. The fourth-order valence-electron chi connectivity index (χ4n) is 3.44. The maximum atomic E-state index is 12.4. The summed E-state index contributed by atoms with van der Waals surface area (Å²) in [4.78, 5) is 12.4. The molecule has 0 fully saturated rings. The molecule has 0 atom stereocenters. The molecule has 1 amide bonds. The number of rotatable bonds is 9. The molecule has 2 heterocycles. The summed E-state index contributed by atoms with van der Waals surface area (Å²) >= 11 is 1.32. The van der Waals surface area contributed by atoms with E-state index in [1.807, 2.05) is 80.3 Å². The number of anilines is 1. The number of amides is 1. The number of ether oxygens (including phenoxy) is 2. The molecule has 0 saturated heterocycles. The fourth-order valence-corrected chi connectivity index (χ4v) is 4.15. The Balaban J connectivity index is 1.47. The number of nitrogens with zero attached hydrogens (tertiary/aromatic N) is 5. The van der Waals surface area contributed by atoms with Crippen LogP contribution in [-0.4, -0.2) is 49.9 Å². The monoisotopic (exact) mass is 478 g/mol. The van der Waals surface area contributed by atoms with Gasteiger partial charge in [0.1, 0.15) is 17.2 Å². The van der Waals surface area contributed by atoms with Gasteiger partial charge in [0.2, 0.25) is 5.91 Å². The van der Waals surface area contributed by atoms with Gasteiger partial charge in [-0.05, 0) is 43.3 Å². The average molecular weight is 479 g/mol. The second-order valence-corrected chi connectivity index (χ2v) is 8.40. The Labute approximate surface area is 202 Å². The van der Waals surface area contributed by atoms with Gasteiger partial charge >= 0.3 is 0 Å². The van der Waals surface area contributed by atoms with E-state index in [-0.39, 0.29) is 11.7 Å². The molecule has 176 valence electrons. The molecule has 0 aliphatic rings. The number of nitrogens with one attached hydrogen (secondary N) is 1. The van der Waals surface area contributed by atoms with E-state index in [0.717, 1.165) is 28.3 Å². The molecular weight excluding hydrogens is 452 g/mol. The lowest BCUT2D eigenvalue weighted by atomic mass is 10.1. The van der Waals surface area contributed by atoms with Crippen LogP contribution in [0.15, 0.2) is 59.9 Å². The van der Waals surface area contributed by atoms with Gasteiger partial charge in [-0.25, -0.2) is 0 Å². The maximum Gasteiger partial charge on any atom is 0.234 e. The summed E-state index contributed by atoms with van der Waals surface area (Å²) in [5, 5.41) is 16.8. The summed E-state index contributed by atoms with van der Waals surface area (Å²) in [5.41, 5.74) is 3.26. The van der Waals surface area contributed by atoms with E-state index in [9.17, 15) is 4.79 Å². The van der Waals surface area contributed by atoms with Crippen molar-refractivity contribution < 1.29 is 14.3 Å². The van der Waals surface area contributed by atoms with Gasteiger partial charge < -0.3 is 19.4 Å². The highest BCUT2D eigenvalue weighted by atomic mass is 32.2. The van der Waals surface area contributed by atoms with Crippen LogP contribution in [0.3, 0.4) is 0 Å². The number of aryl methyl sites for hydroxylation is 1. The van der Waals surface area contributed by atoms with Crippen molar-refractivity contribution in [3.8, 4) is 34.1 Å². The lowest BCUT2D eigenvalue weighted by molar-refractivity contribution is -0.113. The minimum atomic E-state index is -0.128. The predicted molar refractivity (Wildman–Crippen MR) is 132 cm³/mol. The van der Waals surface area contributed by atoms with Crippen LogP contribution in [0.1, 0.15) is 6.92 Å². The quantitative estimate of drug-likeness (QED) is 0.363. The van der Waals surface area contributed by atoms with Crippen LogP contribution in [0, 0.1) is 0 Å². The van der Waals surface area contributed by atoms with Crippen LogP contribution in [-0.2, 0) is 18.9 Å². The van der Waals surface area contributed by atoms with Gasteiger partial charge in [0.15, 0.2) is 11.0 Å². The van der Waals surface area contributed by atoms with E-state index in [4.69, 9.17) is 9.47 Å². The van der Waals surface area contributed by atoms with Crippen molar-refractivity contribution >= 4 is 23.4 Å². The summed E-state index contributed by atoms with van der Waals surface area (Å²) in [5.74, 6) is 2.26. The van der Waals surface area contributed by atoms with E-state index in [0.29, 0.717) is 23.3 Å². The Morgan fingerprint density at radius 1 is 1.09 bits per heavy atom. The minimum Gasteiger partial charge on any atom is -0.497 e. The highest BCUT2D eigenvalue weighted by molar-refractivity contribution is 7.99. The van der Waals surface area contributed by atoms with Gasteiger partial charge in [-0.3, -0.25) is 9.48 Å². The van der Waals surface area contributed by atoms with Crippen LogP contribution in [0.2, 0.25) is 0 Å². The first-order chi connectivity index (χ1) is 16.5. The summed E-state index contributed by atoms with van der Waals surface area (Å²) in [6, 6.07) is 15.0. The molecule has 1 N–H and O–H groups in total. The molecule has 0 saturated carbocycles. The van der Waals surface area contributed by atoms with Crippen molar-refractivity contribution in [2.45, 2.75) is 12.1 Å². The smallest absolute Gasteiger partial charge is 0.234 e. The summed E-state index contributed by atoms with van der Waals surface area (Å²) < 4.78 is 14.4. The first kappa shape index (κ1) is 23.4. The number of carbonyl (C=O) groups is 1. The van der Waals surface area contributed by atoms with Crippen molar-refractivity contribution in [2.24, 2.45) is 14.1 Å². The van der Waals surface area contributed by atoms with Gasteiger partial charge in [0.05, 0.1) is 25.0 Å². The molecule has 34 heavy (non-hydrogen) atoms. The highest BCUT2D eigenvalue weighted by Gasteiger charge is 2.20. The maximum absolute atomic E-state index is 12.4. The first-order valence-electron chi connectivity index (χ1n) is 10.7. The number of carbonyl (C=O) groups excluding carboxylic acids is 1. The topological polar surface area (TPSA) is 96.1 Å². The van der Waals surface area contributed by atoms with Crippen molar-refractivity contribution in [2.75, 3.05) is 24.8 Å². The first-order valence-corrected chi connectivity index (χ1v) is 11.7. The van der Waals surface area contributed by atoms with Crippen molar-refractivity contribution in [3.63, 3.8) is 0 Å². The summed E-state index contributed by atoms with van der Waals surface area (Å²) in [6.07, 6.45) is 1.91.